The van der Waals surface area contributed by atoms with Gasteiger partial charge in [0.2, 0.25) is 0 Å². The molecule has 0 spiro atoms. The van der Waals surface area contributed by atoms with E-state index in [4.69, 9.17) is 56.5 Å². The van der Waals surface area contributed by atoms with Gasteiger partial charge < -0.3 is 56.5 Å². The van der Waals surface area contributed by atoms with Gasteiger partial charge in [-0.1, -0.05) is 118 Å². The van der Waals surface area contributed by atoms with Crippen LogP contribution in [0.4, 0.5) is 0 Å². The molecule has 4 unspecified atom stereocenters. The van der Waals surface area contributed by atoms with E-state index >= 15 is 0 Å². The fourth-order valence-electron chi connectivity index (χ4n) is 9.30. The molecule has 2 aliphatic heterocycles. The number of rotatable bonds is 21. The lowest BCUT2D eigenvalue weighted by molar-refractivity contribution is -0.364. The summed E-state index contributed by atoms with van der Waals surface area (Å²) in [6.45, 7) is 16.0. The standard InChI is InChI=1S/C54H68O15Si/c1-12-54(34-63-36(3)55)51(67-38(5)57)49(60-11)50(66-37(4)56)52(69-54)68-47-45(33-64-70(53(6,7)8,43-19-15-13-16-20-43)44-21-17-14-18-22-44)65-35(2)46(61-31-39-23-27-41(58-9)28-24-39)48(47)62-32-40-25-29-42(59-10)30-26-40/h12-30,35,45-52H,1,31-34H2,2-11H3/t35-,45?,46?,47-,48+,49+,50?,51+,52+,54?/m0/s1. The quantitative estimate of drug-likeness (QED) is 0.0378. The molecule has 4 aromatic carbocycles. The van der Waals surface area contributed by atoms with Crippen LogP contribution in [-0.2, 0) is 74.7 Å². The van der Waals surface area contributed by atoms with Gasteiger partial charge in [0.25, 0.3) is 8.32 Å². The molecular formula is C54H68O15Si. The molecule has 15 nitrogen and oxygen atoms in total. The van der Waals surface area contributed by atoms with Gasteiger partial charge in [-0.3, -0.25) is 14.4 Å². The highest BCUT2D eigenvalue weighted by Crippen LogP contribution is 2.42. The lowest BCUT2D eigenvalue weighted by Gasteiger charge is -2.52. The van der Waals surface area contributed by atoms with E-state index in [9.17, 15) is 14.4 Å². The zero-order chi connectivity index (χ0) is 50.6. The molecule has 2 fully saturated rings. The summed E-state index contributed by atoms with van der Waals surface area (Å²) in [5.74, 6) is -0.676. The Labute approximate surface area is 412 Å². The number of carbonyl (C=O) groups excluding carboxylic acids is 3. The predicted octanol–water partition coefficient (Wildman–Crippen LogP) is 6.65. The minimum Gasteiger partial charge on any atom is -0.497 e. The number of hydrogen-bond donors (Lipinski definition) is 0. The summed E-state index contributed by atoms with van der Waals surface area (Å²) < 4.78 is 76.7. The van der Waals surface area contributed by atoms with Crippen molar-refractivity contribution in [2.75, 3.05) is 34.5 Å². The molecule has 4 aromatic rings. The summed E-state index contributed by atoms with van der Waals surface area (Å²) in [6.07, 6.45) is -8.48. The van der Waals surface area contributed by atoms with Crippen LogP contribution < -0.4 is 19.8 Å². The number of carbonyl (C=O) groups is 3. The molecule has 0 amide bonds. The van der Waals surface area contributed by atoms with Gasteiger partial charge in [0.05, 0.1) is 40.1 Å². The van der Waals surface area contributed by atoms with Gasteiger partial charge in [-0.2, -0.15) is 0 Å². The van der Waals surface area contributed by atoms with E-state index in [-0.39, 0.29) is 19.8 Å². The van der Waals surface area contributed by atoms with E-state index < -0.39 is 98.6 Å². The van der Waals surface area contributed by atoms with Crippen molar-refractivity contribution in [3.8, 4) is 11.5 Å². The van der Waals surface area contributed by atoms with E-state index in [1.54, 1.807) is 14.2 Å². The molecule has 2 saturated heterocycles. The van der Waals surface area contributed by atoms with Crippen LogP contribution in [0.1, 0.15) is 59.6 Å². The summed E-state index contributed by atoms with van der Waals surface area (Å²) in [6, 6.07) is 35.5. The van der Waals surface area contributed by atoms with Crippen molar-refractivity contribution in [1.29, 1.82) is 0 Å². The van der Waals surface area contributed by atoms with Crippen LogP contribution in [0.3, 0.4) is 0 Å². The fraction of sp³-hybridized carbons (Fsp3) is 0.463. The van der Waals surface area contributed by atoms with Crippen LogP contribution in [-0.4, -0.2) is 121 Å². The molecule has 2 heterocycles. The van der Waals surface area contributed by atoms with Crippen molar-refractivity contribution in [1.82, 2.24) is 0 Å². The first kappa shape index (κ1) is 53.9. The molecule has 0 radical (unpaired) electrons. The van der Waals surface area contributed by atoms with Gasteiger partial charge in [0.15, 0.2) is 24.1 Å². The smallest absolute Gasteiger partial charge is 0.303 e. The third-order valence-electron chi connectivity index (χ3n) is 12.7. The SMILES string of the molecule is C=CC1(COC(C)=O)O[C@@H](O[C@H]2C(CO[Si](c3ccccc3)(c3ccccc3)C(C)(C)C)O[C@@H](C)C(OCc3ccc(OC)cc3)[C@H]2OCc2ccc(OC)cc2)C(OC(C)=O)[C@@H](OC)[C@H]1OC(C)=O. The number of ether oxygens (including phenoxy) is 11. The number of methoxy groups -OCH3 is 3. The summed E-state index contributed by atoms with van der Waals surface area (Å²) in [5, 5.41) is 1.69. The molecule has 378 valence electrons. The van der Waals surface area contributed by atoms with Crippen LogP contribution in [0.2, 0.25) is 5.04 Å². The van der Waals surface area contributed by atoms with Crippen molar-refractivity contribution in [3.63, 3.8) is 0 Å². The number of hydrogen-bond acceptors (Lipinski definition) is 15. The number of benzene rings is 4. The highest BCUT2D eigenvalue weighted by molar-refractivity contribution is 6.99. The molecule has 0 saturated carbocycles. The summed E-state index contributed by atoms with van der Waals surface area (Å²) in [4.78, 5) is 38.2. The van der Waals surface area contributed by atoms with Crippen molar-refractivity contribution >= 4 is 36.6 Å². The van der Waals surface area contributed by atoms with Gasteiger partial charge in [0.1, 0.15) is 48.6 Å². The minimum absolute atomic E-state index is 0.00926. The second-order valence-electron chi connectivity index (χ2n) is 18.4. The van der Waals surface area contributed by atoms with E-state index in [1.807, 2.05) is 91.9 Å². The Morgan fingerprint density at radius 2 is 1.19 bits per heavy atom. The van der Waals surface area contributed by atoms with Gasteiger partial charge in [0, 0.05) is 27.9 Å². The van der Waals surface area contributed by atoms with Crippen LogP contribution >= 0.6 is 0 Å². The second kappa shape index (κ2) is 24.1. The van der Waals surface area contributed by atoms with Gasteiger partial charge in [-0.25, -0.2) is 0 Å². The molecule has 0 bridgehead atoms. The lowest BCUT2D eigenvalue weighted by atomic mass is 9.86. The Morgan fingerprint density at radius 1 is 0.671 bits per heavy atom. The van der Waals surface area contributed by atoms with Gasteiger partial charge in [-0.15, -0.1) is 0 Å². The van der Waals surface area contributed by atoms with Crippen LogP contribution in [0.5, 0.6) is 11.5 Å². The van der Waals surface area contributed by atoms with Crippen LogP contribution in [0, 0.1) is 0 Å². The first-order valence-electron chi connectivity index (χ1n) is 23.4. The van der Waals surface area contributed by atoms with Crippen molar-refractivity contribution in [3.05, 3.63) is 133 Å². The zero-order valence-corrected chi connectivity index (χ0v) is 42.8. The van der Waals surface area contributed by atoms with E-state index in [0.717, 1.165) is 21.5 Å². The molecular weight excluding hydrogens is 917 g/mol. The maximum atomic E-state index is 13.1. The fourth-order valence-corrected chi connectivity index (χ4v) is 13.9. The summed E-state index contributed by atoms with van der Waals surface area (Å²) in [7, 11) is 1.36. The molecule has 10 atom stereocenters. The third-order valence-corrected chi connectivity index (χ3v) is 17.7. The first-order chi connectivity index (χ1) is 33.5. The van der Waals surface area contributed by atoms with Crippen LogP contribution in [0.15, 0.2) is 122 Å². The molecule has 0 aromatic heterocycles. The molecule has 0 N–H and O–H groups in total. The summed E-state index contributed by atoms with van der Waals surface area (Å²) in [5.41, 5.74) is -0.0925. The molecule has 0 aliphatic carbocycles. The highest BCUT2D eigenvalue weighted by Gasteiger charge is 2.61. The summed E-state index contributed by atoms with van der Waals surface area (Å²) >= 11 is 0. The Balaban J connectivity index is 1.51. The van der Waals surface area contributed by atoms with Crippen LogP contribution in [0.25, 0.3) is 0 Å². The third kappa shape index (κ3) is 12.5. The highest BCUT2D eigenvalue weighted by atomic mass is 28.4. The van der Waals surface area contributed by atoms with E-state index in [1.165, 1.54) is 34.0 Å². The minimum atomic E-state index is -3.21. The van der Waals surface area contributed by atoms with Crippen molar-refractivity contribution in [2.24, 2.45) is 0 Å². The predicted molar refractivity (Wildman–Crippen MR) is 262 cm³/mol. The largest absolute Gasteiger partial charge is 0.497 e. The Hall–Kier alpha value is -5.43. The average molecular weight is 985 g/mol. The first-order valence-corrected chi connectivity index (χ1v) is 25.3. The maximum Gasteiger partial charge on any atom is 0.303 e. The number of esters is 3. The topological polar surface area (TPSA) is 162 Å². The van der Waals surface area contributed by atoms with Crippen molar-refractivity contribution < 1.29 is 70.9 Å². The van der Waals surface area contributed by atoms with E-state index in [2.05, 4.69) is 51.6 Å². The normalized spacial score (nSPS) is 25.8. The van der Waals surface area contributed by atoms with Crippen molar-refractivity contribution in [2.45, 2.75) is 127 Å². The Kier molecular flexibility index (Phi) is 18.6. The average Bonchev–Trinajstić information content (AvgIpc) is 3.34. The monoisotopic (exact) mass is 984 g/mol. The van der Waals surface area contributed by atoms with Gasteiger partial charge in [-0.05, 0) is 57.7 Å². The Bertz CT molecular complexity index is 2270. The molecule has 2 aliphatic rings. The van der Waals surface area contributed by atoms with Gasteiger partial charge >= 0.3 is 17.9 Å². The molecule has 6 rings (SSSR count). The molecule has 70 heavy (non-hydrogen) atoms. The Morgan fingerprint density at radius 3 is 1.63 bits per heavy atom. The maximum absolute atomic E-state index is 13.1. The zero-order valence-electron chi connectivity index (χ0n) is 41.8. The second-order valence-corrected chi connectivity index (χ2v) is 22.7. The lowest BCUT2D eigenvalue weighted by Crippen LogP contribution is -2.70. The van der Waals surface area contributed by atoms with E-state index in [0.29, 0.717) is 11.5 Å². The molecule has 16 heteroatoms.